The summed E-state index contributed by atoms with van der Waals surface area (Å²) in [6, 6.07) is -0.238. The van der Waals surface area contributed by atoms with Gasteiger partial charge in [-0.3, -0.25) is 9.79 Å². The number of thioether (sulfide) groups is 1. The molecule has 0 aromatic carbocycles. The molecule has 1 heterocycles. The van der Waals surface area contributed by atoms with Crippen molar-refractivity contribution in [3.63, 3.8) is 0 Å². The smallest absolute Gasteiger partial charge is 0.242 e. The quantitative estimate of drug-likeness (QED) is 0.823. The largest absolute Gasteiger partial charge is 0.353 e. The van der Waals surface area contributed by atoms with Gasteiger partial charge in [0.15, 0.2) is 5.17 Å². The molecule has 0 saturated heterocycles. The van der Waals surface area contributed by atoms with Crippen molar-refractivity contribution in [1.29, 1.82) is 0 Å². The highest BCUT2D eigenvalue weighted by Gasteiger charge is 2.36. The van der Waals surface area contributed by atoms with Crippen molar-refractivity contribution >= 4 is 22.8 Å². The molecule has 1 spiro atoms. The zero-order valence-electron chi connectivity index (χ0n) is 13.1. The first kappa shape index (κ1) is 15.7. The van der Waals surface area contributed by atoms with E-state index in [4.69, 9.17) is 0 Å². The number of carbonyl (C=O) groups is 1. The topological polar surface area (TPSA) is 53.5 Å². The first-order valence-corrected chi connectivity index (χ1v) is 8.54. The predicted octanol–water partition coefficient (Wildman–Crippen LogP) is 2.54. The molecule has 5 heteroatoms. The molecule has 20 heavy (non-hydrogen) atoms. The molecule has 2 rings (SSSR count). The zero-order valence-corrected chi connectivity index (χ0v) is 13.9. The maximum absolute atomic E-state index is 12.0. The van der Waals surface area contributed by atoms with Crippen molar-refractivity contribution in [3.8, 4) is 0 Å². The van der Waals surface area contributed by atoms with Gasteiger partial charge in [0.1, 0.15) is 6.04 Å². The Morgan fingerprint density at radius 1 is 1.35 bits per heavy atom. The summed E-state index contributed by atoms with van der Waals surface area (Å²) in [5.74, 6) is 1.17. The van der Waals surface area contributed by atoms with E-state index in [9.17, 15) is 4.79 Å². The molecule has 0 radical (unpaired) electrons. The van der Waals surface area contributed by atoms with E-state index in [0.717, 1.165) is 17.5 Å². The number of nitrogens with one attached hydrogen (secondary N) is 2. The van der Waals surface area contributed by atoms with Crippen LogP contribution in [0.4, 0.5) is 0 Å². The van der Waals surface area contributed by atoms with Gasteiger partial charge in [-0.25, -0.2) is 0 Å². The third-order valence-electron chi connectivity index (χ3n) is 3.97. The summed E-state index contributed by atoms with van der Waals surface area (Å²) < 4.78 is 0. The number of hydrogen-bond acceptors (Lipinski definition) is 4. The van der Waals surface area contributed by atoms with Gasteiger partial charge < -0.3 is 10.6 Å². The third kappa shape index (κ3) is 4.14. The van der Waals surface area contributed by atoms with Crippen LogP contribution in [0.25, 0.3) is 0 Å². The molecule has 114 valence electrons. The van der Waals surface area contributed by atoms with Gasteiger partial charge >= 0.3 is 0 Å². The van der Waals surface area contributed by atoms with Crippen molar-refractivity contribution < 1.29 is 4.79 Å². The molecule has 1 saturated carbocycles. The molecule has 0 bridgehead atoms. The van der Waals surface area contributed by atoms with E-state index >= 15 is 0 Å². The molecule has 2 N–H and O–H groups in total. The van der Waals surface area contributed by atoms with Crippen LogP contribution < -0.4 is 10.6 Å². The maximum Gasteiger partial charge on any atom is 0.242 e. The minimum atomic E-state index is -0.238. The molecule has 0 aromatic rings. The summed E-state index contributed by atoms with van der Waals surface area (Å²) in [7, 11) is 0. The van der Waals surface area contributed by atoms with E-state index in [0.29, 0.717) is 5.41 Å². The average Bonchev–Trinajstić information content (AvgIpc) is 2.79. The minimum Gasteiger partial charge on any atom is -0.353 e. The molecule has 1 unspecified atom stereocenters. The first-order chi connectivity index (χ1) is 9.30. The van der Waals surface area contributed by atoms with E-state index in [-0.39, 0.29) is 17.5 Å². The molecular weight excluding hydrogens is 270 g/mol. The van der Waals surface area contributed by atoms with Crippen LogP contribution in [0.15, 0.2) is 4.99 Å². The van der Waals surface area contributed by atoms with Crippen molar-refractivity contribution in [2.45, 2.75) is 65.0 Å². The maximum atomic E-state index is 12.0. The van der Waals surface area contributed by atoms with Gasteiger partial charge in [0, 0.05) is 17.8 Å². The van der Waals surface area contributed by atoms with Crippen molar-refractivity contribution in [2.24, 2.45) is 10.4 Å². The van der Waals surface area contributed by atoms with Crippen LogP contribution in [0, 0.1) is 5.41 Å². The monoisotopic (exact) mass is 297 g/mol. The van der Waals surface area contributed by atoms with E-state index in [1.165, 1.54) is 25.7 Å². The Kier molecular flexibility index (Phi) is 4.67. The number of aliphatic imine (C=N–C) groups is 1. The second kappa shape index (κ2) is 5.96. The number of amidine groups is 1. The van der Waals surface area contributed by atoms with Gasteiger partial charge in [-0.2, -0.15) is 0 Å². The number of amides is 1. The standard InChI is InChI=1S/C15H27N3OS/c1-11(12(19)18-14(2,3)4)17-13-16-9-15(10-20-13)7-5-6-8-15/h11H,5-10H2,1-4H3,(H,16,17)(H,18,19). The number of hydrogen-bond donors (Lipinski definition) is 2. The van der Waals surface area contributed by atoms with E-state index in [1.54, 1.807) is 11.8 Å². The molecule has 1 aliphatic carbocycles. The van der Waals surface area contributed by atoms with E-state index < -0.39 is 0 Å². The van der Waals surface area contributed by atoms with Gasteiger partial charge in [-0.05, 0) is 46.0 Å². The molecule has 4 nitrogen and oxygen atoms in total. The van der Waals surface area contributed by atoms with Gasteiger partial charge in [-0.15, -0.1) is 0 Å². The van der Waals surface area contributed by atoms with Crippen LogP contribution in [-0.4, -0.2) is 35.0 Å². The summed E-state index contributed by atoms with van der Waals surface area (Å²) in [4.78, 5) is 16.7. The summed E-state index contributed by atoms with van der Waals surface area (Å²) in [5.41, 5.74) is 0.259. The Hall–Kier alpha value is -0.710. The summed E-state index contributed by atoms with van der Waals surface area (Å²) >= 11 is 1.78. The highest BCUT2D eigenvalue weighted by atomic mass is 32.2. The van der Waals surface area contributed by atoms with Crippen LogP contribution in [0.5, 0.6) is 0 Å². The van der Waals surface area contributed by atoms with Crippen molar-refractivity contribution in [2.75, 3.05) is 12.3 Å². The second-order valence-corrected chi connectivity index (χ2v) is 8.19. The Morgan fingerprint density at radius 2 is 2.00 bits per heavy atom. The fraction of sp³-hybridized carbons (Fsp3) is 0.867. The lowest BCUT2D eigenvalue weighted by atomic mass is 9.89. The number of carbonyl (C=O) groups excluding carboxylic acids is 1. The molecule has 1 atom stereocenters. The summed E-state index contributed by atoms with van der Waals surface area (Å²) in [5, 5.41) is 7.17. The normalized spacial score (nSPS) is 23.3. The van der Waals surface area contributed by atoms with Gasteiger partial charge in [0.05, 0.1) is 0 Å². The predicted molar refractivity (Wildman–Crippen MR) is 86.2 cm³/mol. The second-order valence-electron chi connectivity index (χ2n) is 7.22. The average molecular weight is 297 g/mol. The lowest BCUT2D eigenvalue weighted by Crippen LogP contribution is -2.51. The number of rotatable bonds is 2. The Bertz CT molecular complexity index is 394. The fourth-order valence-electron chi connectivity index (χ4n) is 2.80. The molecule has 2 aliphatic rings. The van der Waals surface area contributed by atoms with Crippen molar-refractivity contribution in [3.05, 3.63) is 0 Å². The third-order valence-corrected chi connectivity index (χ3v) is 5.25. The van der Waals surface area contributed by atoms with Crippen LogP contribution in [0.1, 0.15) is 53.4 Å². The molecule has 1 fully saturated rings. The summed E-state index contributed by atoms with van der Waals surface area (Å²) in [6.45, 7) is 8.80. The van der Waals surface area contributed by atoms with Gasteiger partial charge in [-0.1, -0.05) is 24.6 Å². The van der Waals surface area contributed by atoms with Gasteiger partial charge in [0.25, 0.3) is 0 Å². The number of nitrogens with zero attached hydrogens (tertiary/aromatic N) is 1. The summed E-state index contributed by atoms with van der Waals surface area (Å²) in [6.07, 6.45) is 5.33. The van der Waals surface area contributed by atoms with Crippen molar-refractivity contribution in [1.82, 2.24) is 10.6 Å². The first-order valence-electron chi connectivity index (χ1n) is 7.56. The highest BCUT2D eigenvalue weighted by Crippen LogP contribution is 2.43. The molecular formula is C15H27N3OS. The highest BCUT2D eigenvalue weighted by molar-refractivity contribution is 8.13. The zero-order chi connectivity index (χ0) is 14.8. The lowest BCUT2D eigenvalue weighted by molar-refractivity contribution is -0.123. The molecule has 1 aliphatic heterocycles. The lowest BCUT2D eigenvalue weighted by Gasteiger charge is -2.32. The fourth-order valence-corrected chi connectivity index (χ4v) is 4.03. The van der Waals surface area contributed by atoms with Gasteiger partial charge in [0.2, 0.25) is 5.91 Å². The molecule has 0 aromatic heterocycles. The van der Waals surface area contributed by atoms with E-state index in [1.807, 2.05) is 27.7 Å². The minimum absolute atomic E-state index is 0.0296. The Labute approximate surface area is 126 Å². The Morgan fingerprint density at radius 3 is 2.50 bits per heavy atom. The van der Waals surface area contributed by atoms with Crippen LogP contribution in [0.2, 0.25) is 0 Å². The van der Waals surface area contributed by atoms with Crippen LogP contribution >= 0.6 is 11.8 Å². The van der Waals surface area contributed by atoms with Crippen LogP contribution in [0.3, 0.4) is 0 Å². The molecule has 1 amide bonds. The van der Waals surface area contributed by atoms with E-state index in [2.05, 4.69) is 15.6 Å². The SMILES string of the molecule is CC(NC1=NCC2(CCCC2)CS1)C(=O)NC(C)(C)C. The van der Waals surface area contributed by atoms with Crippen LogP contribution in [-0.2, 0) is 4.79 Å². The Balaban J connectivity index is 1.85.